The van der Waals surface area contributed by atoms with Gasteiger partial charge in [-0.15, -0.1) is 24.0 Å². The highest BCUT2D eigenvalue weighted by Crippen LogP contribution is 2.25. The van der Waals surface area contributed by atoms with Crippen LogP contribution >= 0.6 is 24.0 Å². The van der Waals surface area contributed by atoms with Crippen molar-refractivity contribution in [3.63, 3.8) is 0 Å². The Morgan fingerprint density at radius 3 is 2.54 bits per heavy atom. The number of nitrogens with zero attached hydrogens (tertiary/aromatic N) is 1. The van der Waals surface area contributed by atoms with Crippen molar-refractivity contribution in [1.82, 2.24) is 15.4 Å². The van der Waals surface area contributed by atoms with Gasteiger partial charge >= 0.3 is 6.61 Å². The summed E-state index contributed by atoms with van der Waals surface area (Å²) in [6.07, 6.45) is 0.554. The first-order valence-electron chi connectivity index (χ1n) is 8.34. The van der Waals surface area contributed by atoms with Crippen LogP contribution in [0.4, 0.5) is 8.78 Å². The maximum absolute atomic E-state index is 12.5. The highest BCUT2D eigenvalue weighted by Gasteiger charge is 2.11. The highest BCUT2D eigenvalue weighted by molar-refractivity contribution is 14.0. The van der Waals surface area contributed by atoms with Gasteiger partial charge in [-0.1, -0.05) is 0 Å². The van der Waals surface area contributed by atoms with Crippen LogP contribution in [0.5, 0.6) is 11.5 Å². The van der Waals surface area contributed by atoms with Crippen molar-refractivity contribution >= 4 is 40.0 Å². The molecular formula is C16H27F2IN4O4S. The van der Waals surface area contributed by atoms with Crippen molar-refractivity contribution < 1.29 is 26.7 Å². The molecule has 0 saturated heterocycles. The van der Waals surface area contributed by atoms with Crippen molar-refractivity contribution in [2.24, 2.45) is 4.99 Å². The molecule has 0 atom stereocenters. The summed E-state index contributed by atoms with van der Waals surface area (Å²) in [6, 6.07) is 4.54. The number of aliphatic imine (C=N–C) groups is 1. The second kappa shape index (κ2) is 13.7. The van der Waals surface area contributed by atoms with E-state index in [1.165, 1.54) is 19.2 Å². The molecule has 0 aliphatic heterocycles. The summed E-state index contributed by atoms with van der Waals surface area (Å²) in [5.74, 6) is 1.04. The van der Waals surface area contributed by atoms with Crippen LogP contribution in [0.2, 0.25) is 0 Å². The van der Waals surface area contributed by atoms with Crippen molar-refractivity contribution in [2.45, 2.75) is 26.5 Å². The molecule has 162 valence electrons. The predicted molar refractivity (Wildman–Crippen MR) is 115 cm³/mol. The van der Waals surface area contributed by atoms with Gasteiger partial charge in [0.15, 0.2) is 5.96 Å². The van der Waals surface area contributed by atoms with E-state index >= 15 is 0 Å². The Balaban J connectivity index is 0.00000729. The molecule has 0 radical (unpaired) electrons. The van der Waals surface area contributed by atoms with Crippen LogP contribution in [0.1, 0.15) is 18.9 Å². The van der Waals surface area contributed by atoms with Gasteiger partial charge in [-0.2, -0.15) is 8.78 Å². The fraction of sp³-hybridized carbons (Fsp3) is 0.562. The monoisotopic (exact) mass is 536 g/mol. The van der Waals surface area contributed by atoms with Crippen LogP contribution in [0, 0.1) is 0 Å². The molecule has 0 unspecified atom stereocenters. The number of halogens is 3. The van der Waals surface area contributed by atoms with Gasteiger partial charge in [-0.05, 0) is 31.5 Å². The third kappa shape index (κ3) is 10.2. The Hall–Kier alpha value is -1.41. The maximum Gasteiger partial charge on any atom is 0.387 e. The number of hydrogen-bond acceptors (Lipinski definition) is 5. The van der Waals surface area contributed by atoms with E-state index in [1.54, 1.807) is 20.0 Å². The topological polar surface area (TPSA) is 101 Å². The molecule has 12 heteroatoms. The van der Waals surface area contributed by atoms with Crippen molar-refractivity contribution in [3.8, 4) is 11.5 Å². The number of sulfonamides is 1. The second-order valence-electron chi connectivity index (χ2n) is 5.36. The lowest BCUT2D eigenvalue weighted by Gasteiger charge is -2.15. The average Bonchev–Trinajstić information content (AvgIpc) is 2.64. The fourth-order valence-corrected chi connectivity index (χ4v) is 2.72. The zero-order chi connectivity index (χ0) is 20.3. The molecule has 1 aromatic carbocycles. The molecule has 0 aromatic heterocycles. The molecule has 0 fully saturated rings. The molecule has 1 aromatic rings. The molecule has 0 spiro atoms. The number of benzene rings is 1. The SMILES string of the molecule is CCS(=O)(=O)NCCCNC(=NC)NCc1cc(OC)ccc1OC(F)F.I. The summed E-state index contributed by atoms with van der Waals surface area (Å²) in [6.45, 7) is -0.396. The third-order valence-corrected chi connectivity index (χ3v) is 4.91. The minimum absolute atomic E-state index is 0. The molecule has 28 heavy (non-hydrogen) atoms. The quantitative estimate of drug-likeness (QED) is 0.173. The number of hydrogen-bond donors (Lipinski definition) is 3. The smallest absolute Gasteiger partial charge is 0.387 e. The van der Waals surface area contributed by atoms with E-state index in [-0.39, 0.29) is 42.0 Å². The van der Waals surface area contributed by atoms with E-state index in [2.05, 4.69) is 25.1 Å². The Labute approximate surface area is 181 Å². The first kappa shape index (κ1) is 26.6. The van der Waals surface area contributed by atoms with Gasteiger partial charge in [0.05, 0.1) is 12.9 Å². The van der Waals surface area contributed by atoms with E-state index < -0.39 is 16.6 Å². The van der Waals surface area contributed by atoms with Gasteiger partial charge in [0.25, 0.3) is 0 Å². The number of nitrogens with one attached hydrogen (secondary N) is 3. The van der Waals surface area contributed by atoms with E-state index in [1.807, 2.05) is 0 Å². The predicted octanol–water partition coefficient (Wildman–Crippen LogP) is 1.91. The largest absolute Gasteiger partial charge is 0.497 e. The molecular weight excluding hydrogens is 509 g/mol. The van der Waals surface area contributed by atoms with Gasteiger partial charge < -0.3 is 20.1 Å². The molecule has 0 bridgehead atoms. The molecule has 3 N–H and O–H groups in total. The number of ether oxygens (including phenoxy) is 2. The van der Waals surface area contributed by atoms with Crippen LogP contribution in [0.3, 0.4) is 0 Å². The molecule has 0 heterocycles. The summed E-state index contributed by atoms with van der Waals surface area (Å²) in [7, 11) is -0.158. The van der Waals surface area contributed by atoms with Crippen molar-refractivity contribution in [3.05, 3.63) is 23.8 Å². The summed E-state index contributed by atoms with van der Waals surface area (Å²) < 4.78 is 59.8. The number of rotatable bonds is 11. The van der Waals surface area contributed by atoms with Gasteiger partial charge in [-0.25, -0.2) is 13.1 Å². The second-order valence-corrected chi connectivity index (χ2v) is 7.45. The Bertz CT molecular complexity index is 721. The Morgan fingerprint density at radius 2 is 1.96 bits per heavy atom. The van der Waals surface area contributed by atoms with Crippen LogP contribution in [-0.2, 0) is 16.6 Å². The minimum Gasteiger partial charge on any atom is -0.497 e. The summed E-state index contributed by atoms with van der Waals surface area (Å²) in [5.41, 5.74) is 0.480. The molecule has 0 saturated carbocycles. The van der Waals surface area contributed by atoms with Gasteiger partial charge in [0, 0.05) is 32.2 Å². The molecule has 8 nitrogen and oxygen atoms in total. The van der Waals surface area contributed by atoms with E-state index in [4.69, 9.17) is 4.74 Å². The molecule has 0 aliphatic rings. The Kier molecular flexibility index (Phi) is 13.0. The number of alkyl halides is 2. The van der Waals surface area contributed by atoms with Crippen molar-refractivity contribution in [2.75, 3.05) is 33.0 Å². The van der Waals surface area contributed by atoms with E-state index in [9.17, 15) is 17.2 Å². The van der Waals surface area contributed by atoms with E-state index in [0.717, 1.165) is 0 Å². The highest BCUT2D eigenvalue weighted by atomic mass is 127. The normalized spacial score (nSPS) is 11.7. The van der Waals surface area contributed by atoms with Gasteiger partial charge in [0.2, 0.25) is 10.0 Å². The lowest BCUT2D eigenvalue weighted by molar-refractivity contribution is -0.0505. The van der Waals surface area contributed by atoms with Crippen LogP contribution in [0.15, 0.2) is 23.2 Å². The van der Waals surface area contributed by atoms with Gasteiger partial charge in [-0.3, -0.25) is 4.99 Å². The first-order valence-corrected chi connectivity index (χ1v) is 10.00. The third-order valence-electron chi connectivity index (χ3n) is 3.50. The Morgan fingerprint density at radius 1 is 1.25 bits per heavy atom. The lowest BCUT2D eigenvalue weighted by atomic mass is 10.2. The van der Waals surface area contributed by atoms with Crippen LogP contribution in [-0.4, -0.2) is 54.0 Å². The standard InChI is InChI=1S/C16H26F2N4O4S.HI/c1-4-27(23,24)22-9-5-8-20-16(19-2)21-11-12-10-13(25-3)6-7-14(12)26-15(17)18;/h6-7,10,15,22H,4-5,8-9,11H2,1-3H3,(H2,19,20,21);1H. The first-order chi connectivity index (χ1) is 12.8. The zero-order valence-electron chi connectivity index (χ0n) is 16.0. The summed E-state index contributed by atoms with van der Waals surface area (Å²) in [5, 5.41) is 6.01. The van der Waals surface area contributed by atoms with E-state index in [0.29, 0.717) is 36.8 Å². The lowest BCUT2D eigenvalue weighted by Crippen LogP contribution is -2.38. The van der Waals surface area contributed by atoms with Crippen LogP contribution < -0.4 is 24.8 Å². The maximum atomic E-state index is 12.5. The average molecular weight is 536 g/mol. The number of guanidine groups is 1. The minimum atomic E-state index is -3.20. The molecule has 0 amide bonds. The number of methoxy groups -OCH3 is 1. The fourth-order valence-electron chi connectivity index (χ4n) is 2.06. The van der Waals surface area contributed by atoms with Crippen LogP contribution in [0.25, 0.3) is 0 Å². The zero-order valence-corrected chi connectivity index (χ0v) is 19.1. The van der Waals surface area contributed by atoms with Crippen molar-refractivity contribution in [1.29, 1.82) is 0 Å². The summed E-state index contributed by atoms with van der Waals surface area (Å²) in [4.78, 5) is 4.03. The summed E-state index contributed by atoms with van der Waals surface area (Å²) >= 11 is 0. The van der Waals surface area contributed by atoms with Gasteiger partial charge in [0.1, 0.15) is 11.5 Å². The molecule has 0 aliphatic carbocycles. The molecule has 1 rings (SSSR count).